The Kier molecular flexibility index (Phi) is 11.7. The molecule has 5 heteroatoms. The highest BCUT2D eigenvalue weighted by molar-refractivity contribution is 14.1. The van der Waals surface area contributed by atoms with Crippen LogP contribution in [-0.2, 0) is 0 Å². The fourth-order valence-corrected chi connectivity index (χ4v) is 6.27. The predicted octanol–water partition coefficient (Wildman–Crippen LogP) is 11.2. The van der Waals surface area contributed by atoms with Crippen LogP contribution in [0.5, 0.6) is 11.5 Å². The van der Waals surface area contributed by atoms with Crippen LogP contribution in [-0.4, -0.2) is 17.8 Å². The van der Waals surface area contributed by atoms with Crippen molar-refractivity contribution in [3.63, 3.8) is 0 Å². The second-order valence-corrected chi connectivity index (χ2v) is 13.3. The van der Waals surface area contributed by atoms with Gasteiger partial charge in [0.05, 0.1) is 29.9 Å². The molecule has 3 nitrogen and oxygen atoms in total. The van der Waals surface area contributed by atoms with Gasteiger partial charge in [0, 0.05) is 36.1 Å². The molecule has 0 saturated carbocycles. The van der Waals surface area contributed by atoms with Crippen molar-refractivity contribution in [3.8, 4) is 17.2 Å². The van der Waals surface area contributed by atoms with Gasteiger partial charge < -0.3 is 14.0 Å². The van der Waals surface area contributed by atoms with Crippen LogP contribution in [0.25, 0.3) is 27.5 Å². The molecule has 0 bridgehead atoms. The lowest BCUT2D eigenvalue weighted by Crippen LogP contribution is -2.13. The molecule has 0 radical (unpaired) electrons. The fourth-order valence-electron chi connectivity index (χ4n) is 5.32. The number of fused-ring (bicyclic) bond motifs is 3. The molecule has 2 atom stereocenters. The molecule has 0 aliphatic carbocycles. The summed E-state index contributed by atoms with van der Waals surface area (Å²) in [6.07, 6.45) is 9.68. The van der Waals surface area contributed by atoms with Crippen molar-refractivity contribution in [2.24, 2.45) is 11.8 Å². The maximum absolute atomic E-state index is 6.51. The maximum atomic E-state index is 6.51. The lowest BCUT2D eigenvalue weighted by molar-refractivity contribution is 0.223. The molecule has 0 fully saturated rings. The molecule has 2 unspecified atom stereocenters. The summed E-state index contributed by atoms with van der Waals surface area (Å²) >= 11 is 4.83. The minimum atomic E-state index is 0.577. The summed E-state index contributed by atoms with van der Waals surface area (Å²) in [4.78, 5) is 0. The minimum absolute atomic E-state index is 0.577. The number of hydrogen-bond acceptors (Lipinski definition) is 2. The van der Waals surface area contributed by atoms with Gasteiger partial charge in [-0.1, -0.05) is 78.4 Å². The van der Waals surface area contributed by atoms with E-state index in [-0.39, 0.29) is 0 Å². The Morgan fingerprint density at radius 1 is 0.641 bits per heavy atom. The SMILES string of the molecule is CCCCC(CC)COc1cc(OCC(CC)CCCC)cc(-n2c3cc(I)ccc3c3ccc(I)cc32)c1. The van der Waals surface area contributed by atoms with E-state index in [0.717, 1.165) is 43.2 Å². The first-order valence-corrected chi connectivity index (χ1v) is 16.9. The topological polar surface area (TPSA) is 23.4 Å². The van der Waals surface area contributed by atoms with Gasteiger partial charge in [-0.2, -0.15) is 0 Å². The van der Waals surface area contributed by atoms with Crippen LogP contribution in [0.2, 0.25) is 0 Å². The summed E-state index contributed by atoms with van der Waals surface area (Å²) in [5.41, 5.74) is 3.52. The summed E-state index contributed by atoms with van der Waals surface area (Å²) in [7, 11) is 0. The van der Waals surface area contributed by atoms with E-state index in [9.17, 15) is 0 Å². The quantitative estimate of drug-likeness (QED) is 0.113. The van der Waals surface area contributed by atoms with E-state index >= 15 is 0 Å². The summed E-state index contributed by atoms with van der Waals surface area (Å²) < 4.78 is 17.9. The van der Waals surface area contributed by atoms with Crippen molar-refractivity contribution in [2.45, 2.75) is 79.1 Å². The lowest BCUT2D eigenvalue weighted by atomic mass is 10.0. The highest BCUT2D eigenvalue weighted by atomic mass is 127. The van der Waals surface area contributed by atoms with E-state index < -0.39 is 0 Å². The standard InChI is InChI=1S/C34H43I2NO2/c1-5-9-11-24(7-3)22-38-29-19-28(20-30(21-29)39-23-25(8-4)12-10-6-2)37-33-17-26(35)13-15-31(33)32-16-14-27(36)18-34(32)37/h13-21,24-25H,5-12,22-23H2,1-4H3. The first-order chi connectivity index (χ1) is 19.0. The second kappa shape index (κ2) is 14.9. The number of nitrogens with zero attached hydrogens (tertiary/aromatic N) is 1. The molecular weight excluding hydrogens is 708 g/mol. The van der Waals surface area contributed by atoms with Crippen LogP contribution in [0.4, 0.5) is 0 Å². The van der Waals surface area contributed by atoms with E-state index in [2.05, 4.69) is 132 Å². The van der Waals surface area contributed by atoms with Gasteiger partial charge in [0.2, 0.25) is 0 Å². The molecule has 0 spiro atoms. The van der Waals surface area contributed by atoms with Crippen LogP contribution >= 0.6 is 45.2 Å². The minimum Gasteiger partial charge on any atom is -0.493 e. The number of benzene rings is 3. The van der Waals surface area contributed by atoms with Gasteiger partial charge in [-0.05, 0) is 94.1 Å². The van der Waals surface area contributed by atoms with Gasteiger partial charge >= 0.3 is 0 Å². The predicted molar refractivity (Wildman–Crippen MR) is 184 cm³/mol. The molecule has 0 N–H and O–H groups in total. The van der Waals surface area contributed by atoms with Crippen molar-refractivity contribution in [3.05, 3.63) is 61.7 Å². The Hall–Kier alpha value is -1.48. The van der Waals surface area contributed by atoms with Gasteiger partial charge in [-0.15, -0.1) is 0 Å². The van der Waals surface area contributed by atoms with Crippen molar-refractivity contribution >= 4 is 67.0 Å². The van der Waals surface area contributed by atoms with E-state index in [1.54, 1.807) is 0 Å². The van der Waals surface area contributed by atoms with Crippen LogP contribution in [0, 0.1) is 19.0 Å². The molecule has 0 saturated heterocycles. The Labute approximate surface area is 262 Å². The zero-order valence-electron chi connectivity index (χ0n) is 23.9. The lowest BCUT2D eigenvalue weighted by Gasteiger charge is -2.19. The van der Waals surface area contributed by atoms with E-state index in [1.165, 1.54) is 67.5 Å². The summed E-state index contributed by atoms with van der Waals surface area (Å²) in [6, 6.07) is 20.0. The maximum Gasteiger partial charge on any atom is 0.125 e. The third-order valence-electron chi connectivity index (χ3n) is 7.87. The smallest absolute Gasteiger partial charge is 0.125 e. The number of rotatable bonds is 15. The highest BCUT2D eigenvalue weighted by Gasteiger charge is 2.17. The van der Waals surface area contributed by atoms with Gasteiger partial charge in [0.15, 0.2) is 0 Å². The average molecular weight is 752 g/mol. The van der Waals surface area contributed by atoms with Gasteiger partial charge in [0.1, 0.15) is 11.5 Å². The summed E-state index contributed by atoms with van der Waals surface area (Å²) in [6.45, 7) is 10.6. The highest BCUT2D eigenvalue weighted by Crippen LogP contribution is 2.36. The third kappa shape index (κ3) is 7.84. The zero-order valence-corrected chi connectivity index (χ0v) is 28.3. The van der Waals surface area contributed by atoms with E-state index in [1.807, 2.05) is 0 Å². The van der Waals surface area contributed by atoms with Crippen molar-refractivity contribution in [1.82, 2.24) is 4.57 Å². The fraction of sp³-hybridized carbons (Fsp3) is 0.471. The van der Waals surface area contributed by atoms with Gasteiger partial charge in [0.25, 0.3) is 0 Å². The normalized spacial score (nSPS) is 13.2. The monoisotopic (exact) mass is 751 g/mol. The Balaban J connectivity index is 1.77. The number of halogens is 2. The average Bonchev–Trinajstić information content (AvgIpc) is 3.25. The van der Waals surface area contributed by atoms with Crippen LogP contribution < -0.4 is 9.47 Å². The zero-order chi connectivity index (χ0) is 27.8. The molecule has 4 aromatic rings. The first kappa shape index (κ1) is 30.5. The molecule has 4 rings (SSSR count). The molecule has 1 heterocycles. The van der Waals surface area contributed by atoms with E-state index in [4.69, 9.17) is 9.47 Å². The molecular formula is C34H43I2NO2. The number of aromatic nitrogens is 1. The van der Waals surface area contributed by atoms with E-state index in [0.29, 0.717) is 11.8 Å². The molecule has 0 amide bonds. The van der Waals surface area contributed by atoms with Gasteiger partial charge in [-0.25, -0.2) is 0 Å². The molecule has 3 aromatic carbocycles. The summed E-state index contributed by atoms with van der Waals surface area (Å²) in [5, 5.41) is 2.54. The number of unbranched alkanes of at least 4 members (excludes halogenated alkanes) is 2. The van der Waals surface area contributed by atoms with Crippen LogP contribution in [0.3, 0.4) is 0 Å². The third-order valence-corrected chi connectivity index (χ3v) is 9.21. The van der Waals surface area contributed by atoms with Gasteiger partial charge in [-0.3, -0.25) is 0 Å². The summed E-state index contributed by atoms with van der Waals surface area (Å²) in [5.74, 6) is 2.94. The second-order valence-electron chi connectivity index (χ2n) is 10.8. The largest absolute Gasteiger partial charge is 0.493 e. The number of ether oxygens (including phenoxy) is 2. The molecule has 0 aliphatic heterocycles. The first-order valence-electron chi connectivity index (χ1n) is 14.8. The van der Waals surface area contributed by atoms with Crippen LogP contribution in [0.1, 0.15) is 79.1 Å². The van der Waals surface area contributed by atoms with Crippen molar-refractivity contribution in [2.75, 3.05) is 13.2 Å². The Morgan fingerprint density at radius 3 is 1.51 bits per heavy atom. The number of hydrogen-bond donors (Lipinski definition) is 0. The van der Waals surface area contributed by atoms with Crippen LogP contribution in [0.15, 0.2) is 54.6 Å². The van der Waals surface area contributed by atoms with Crippen molar-refractivity contribution < 1.29 is 9.47 Å². The Bertz CT molecular complexity index is 1270. The molecule has 210 valence electrons. The molecule has 0 aliphatic rings. The Morgan fingerprint density at radius 2 is 1.10 bits per heavy atom. The molecule has 39 heavy (non-hydrogen) atoms. The van der Waals surface area contributed by atoms with Crippen molar-refractivity contribution in [1.29, 1.82) is 0 Å². The molecule has 1 aromatic heterocycles.